The largest absolute Gasteiger partial charge is 0.467 e. The van der Waals surface area contributed by atoms with Crippen molar-refractivity contribution in [1.82, 2.24) is 10.2 Å². The molecule has 0 aromatic heterocycles. The summed E-state index contributed by atoms with van der Waals surface area (Å²) in [4.78, 5) is 44.1. The number of hydrogen-bond acceptors (Lipinski definition) is 7. The molecule has 47 heavy (non-hydrogen) atoms. The maximum absolute atomic E-state index is 14.3. The van der Waals surface area contributed by atoms with Crippen molar-refractivity contribution < 1.29 is 28.6 Å². The lowest BCUT2D eigenvalue weighted by molar-refractivity contribution is -0.152. The first kappa shape index (κ1) is 37.3. The Morgan fingerprint density at radius 3 is 2.26 bits per heavy atom. The molecule has 1 aliphatic rings. The van der Waals surface area contributed by atoms with E-state index < -0.39 is 41.1 Å². The van der Waals surface area contributed by atoms with Crippen LogP contribution in [0.1, 0.15) is 65.0 Å². The van der Waals surface area contributed by atoms with Gasteiger partial charge in [0.15, 0.2) is 0 Å². The summed E-state index contributed by atoms with van der Waals surface area (Å²) in [5.74, 6) is -0.978. The van der Waals surface area contributed by atoms with Crippen LogP contribution in [0.3, 0.4) is 0 Å². The summed E-state index contributed by atoms with van der Waals surface area (Å²) >= 11 is 0. The van der Waals surface area contributed by atoms with Crippen LogP contribution in [0.2, 0.25) is 0 Å². The molecule has 1 saturated heterocycles. The van der Waals surface area contributed by atoms with E-state index in [9.17, 15) is 14.4 Å². The van der Waals surface area contributed by atoms with Gasteiger partial charge in [0.25, 0.3) is 0 Å². The maximum atomic E-state index is 14.3. The normalized spacial score (nSPS) is 18.7. The summed E-state index contributed by atoms with van der Waals surface area (Å²) in [5, 5.41) is 2.80. The Labute approximate surface area is 280 Å². The van der Waals surface area contributed by atoms with Crippen molar-refractivity contribution in [2.75, 3.05) is 46.4 Å². The molecule has 3 rings (SSSR count). The van der Waals surface area contributed by atoms with E-state index in [-0.39, 0.29) is 25.0 Å². The van der Waals surface area contributed by atoms with E-state index in [1.165, 1.54) is 12.0 Å². The lowest BCUT2D eigenvalue weighted by Crippen LogP contribution is -2.57. The number of hydrogen-bond donors (Lipinski definition) is 1. The van der Waals surface area contributed by atoms with Crippen LogP contribution in [0, 0.1) is 10.8 Å². The molecule has 0 saturated carbocycles. The second-order valence-corrected chi connectivity index (χ2v) is 14.4. The van der Waals surface area contributed by atoms with Crippen molar-refractivity contribution in [1.29, 1.82) is 0 Å². The highest BCUT2D eigenvalue weighted by Crippen LogP contribution is 2.42. The van der Waals surface area contributed by atoms with E-state index in [0.717, 1.165) is 40.8 Å². The minimum Gasteiger partial charge on any atom is -0.467 e. The van der Waals surface area contributed by atoms with Crippen molar-refractivity contribution in [3.05, 3.63) is 72.8 Å². The molecule has 2 amide bonds. The first-order chi connectivity index (χ1) is 22.0. The number of alkyl carbamates (subject to hydrolysis) is 1. The number of ether oxygens (including phenoxy) is 3. The van der Waals surface area contributed by atoms with Gasteiger partial charge in [0.1, 0.15) is 17.7 Å². The predicted molar refractivity (Wildman–Crippen MR) is 188 cm³/mol. The molecule has 9 heteroatoms. The molecular weight excluding hydrogens is 594 g/mol. The molecule has 1 heterocycles. The lowest BCUT2D eigenvalue weighted by atomic mass is 9.85. The van der Waals surface area contributed by atoms with Gasteiger partial charge in [-0.3, -0.25) is 4.79 Å². The highest BCUT2D eigenvalue weighted by molar-refractivity contribution is 5.91. The summed E-state index contributed by atoms with van der Waals surface area (Å²) in [6, 6.07) is 12.3. The Hall–Kier alpha value is -4.11. The minimum absolute atomic E-state index is 0.0768. The molecule has 9 nitrogen and oxygen atoms in total. The van der Waals surface area contributed by atoms with Crippen LogP contribution in [0.15, 0.2) is 61.7 Å². The van der Waals surface area contributed by atoms with Crippen molar-refractivity contribution in [2.45, 2.75) is 71.6 Å². The molecule has 0 spiro atoms. The van der Waals surface area contributed by atoms with Gasteiger partial charge in [-0.05, 0) is 64.1 Å². The van der Waals surface area contributed by atoms with Crippen molar-refractivity contribution >= 4 is 29.7 Å². The number of rotatable bonds is 13. The predicted octanol–water partition coefficient (Wildman–Crippen LogP) is 6.81. The Bertz CT molecular complexity index is 1440. The van der Waals surface area contributed by atoms with Crippen molar-refractivity contribution in [3.8, 4) is 11.1 Å². The number of amides is 2. The number of carbonyl (C=O) groups excluding carboxylic acids is 3. The van der Waals surface area contributed by atoms with Crippen LogP contribution in [-0.2, 0) is 29.4 Å². The topological polar surface area (TPSA) is 97.4 Å². The lowest BCUT2D eigenvalue weighted by Gasteiger charge is -2.35. The zero-order valence-electron chi connectivity index (χ0n) is 29.6. The number of benzene rings is 2. The number of likely N-dealkylation sites (tertiary alicyclic amines) is 1. The summed E-state index contributed by atoms with van der Waals surface area (Å²) in [6.45, 7) is 17.7. The highest BCUT2D eigenvalue weighted by atomic mass is 16.5. The van der Waals surface area contributed by atoms with Gasteiger partial charge in [-0.15, -0.1) is 6.58 Å². The Balaban J connectivity index is 1.94. The molecular formula is C38H53N3O6. The fourth-order valence-corrected chi connectivity index (χ4v) is 5.94. The fourth-order valence-electron chi connectivity index (χ4n) is 5.94. The van der Waals surface area contributed by atoms with Crippen LogP contribution >= 0.6 is 0 Å². The molecule has 1 unspecified atom stereocenters. The Morgan fingerprint density at radius 1 is 1.06 bits per heavy atom. The smallest absolute Gasteiger partial charge is 0.407 e. The number of esters is 1. The fraction of sp³-hybridized carbons (Fsp3) is 0.500. The van der Waals surface area contributed by atoms with Crippen molar-refractivity contribution in [3.63, 3.8) is 0 Å². The summed E-state index contributed by atoms with van der Waals surface area (Å²) in [7, 11) is 6.88. The molecule has 3 atom stereocenters. The van der Waals surface area contributed by atoms with Gasteiger partial charge in [0, 0.05) is 33.3 Å². The van der Waals surface area contributed by atoms with E-state index in [4.69, 9.17) is 14.2 Å². The average molecular weight is 648 g/mol. The van der Waals surface area contributed by atoms with E-state index >= 15 is 0 Å². The van der Waals surface area contributed by atoms with Crippen LogP contribution in [0.4, 0.5) is 10.5 Å². The minimum atomic E-state index is -1.02. The molecule has 256 valence electrons. The van der Waals surface area contributed by atoms with Crippen LogP contribution in [-0.4, -0.2) is 76.4 Å². The molecule has 0 radical (unpaired) electrons. The first-order valence-electron chi connectivity index (χ1n) is 16.0. The molecule has 2 aromatic carbocycles. The second kappa shape index (κ2) is 15.2. The molecule has 0 bridgehead atoms. The third-order valence-electron chi connectivity index (χ3n) is 8.96. The van der Waals surface area contributed by atoms with Gasteiger partial charge in [-0.1, -0.05) is 77.6 Å². The number of carbonyl (C=O) groups is 3. The Kier molecular flexibility index (Phi) is 12.1. The van der Waals surface area contributed by atoms with Crippen LogP contribution in [0.5, 0.6) is 0 Å². The molecule has 1 N–H and O–H groups in total. The quantitative estimate of drug-likeness (QED) is 0.188. The maximum Gasteiger partial charge on any atom is 0.407 e. The molecule has 1 fully saturated rings. The van der Waals surface area contributed by atoms with E-state index in [1.807, 2.05) is 77.9 Å². The highest BCUT2D eigenvalue weighted by Gasteiger charge is 2.53. The standard InChI is InChI=1S/C38H53N3O6/c1-12-14-21-37(6,7)25-47-35(44)39-32(36(3,4)5)33(42)41-24-38(46-11,23-31(41)34(43)45-10)28-17-20-30(26(13-2)22-28)27-15-18-29(19-16-27)40(8)9/h12-13,15-20,22,31-32H,1-2,14,21,23-25H2,3-11H3,(H,39,44)/t31-,32?,38-/m0/s1. The first-order valence-corrected chi connectivity index (χ1v) is 16.0. The van der Waals surface area contributed by atoms with Crippen LogP contribution < -0.4 is 10.2 Å². The van der Waals surface area contributed by atoms with Crippen molar-refractivity contribution in [2.24, 2.45) is 10.8 Å². The van der Waals surface area contributed by atoms with Gasteiger partial charge in [-0.25, -0.2) is 9.59 Å². The van der Waals surface area contributed by atoms with Crippen LogP contribution in [0.25, 0.3) is 17.2 Å². The SMILES string of the molecule is C=CCCC(C)(C)COC(=O)NC(C(=O)N1C[C@](OC)(c2ccc(-c3ccc(N(C)C)cc3)c(C=C)c2)C[C@H]1C(=O)OC)C(C)(C)C. The average Bonchev–Trinajstić information content (AvgIpc) is 3.45. The number of anilines is 1. The van der Waals surface area contributed by atoms with Gasteiger partial charge in [0.2, 0.25) is 5.91 Å². The third-order valence-corrected chi connectivity index (χ3v) is 8.96. The van der Waals surface area contributed by atoms with E-state index in [2.05, 4.69) is 42.7 Å². The summed E-state index contributed by atoms with van der Waals surface area (Å²) in [6.07, 6.45) is 4.71. The monoisotopic (exact) mass is 647 g/mol. The number of nitrogens with zero attached hydrogens (tertiary/aromatic N) is 2. The van der Waals surface area contributed by atoms with E-state index in [0.29, 0.717) is 0 Å². The molecule has 2 aromatic rings. The van der Waals surface area contributed by atoms with Gasteiger partial charge >= 0.3 is 12.1 Å². The zero-order chi connectivity index (χ0) is 35.2. The second-order valence-electron chi connectivity index (χ2n) is 14.4. The van der Waals surface area contributed by atoms with Gasteiger partial charge in [0.05, 0.1) is 20.3 Å². The Morgan fingerprint density at radius 2 is 1.72 bits per heavy atom. The number of allylic oxidation sites excluding steroid dienone is 1. The molecule has 0 aliphatic carbocycles. The summed E-state index contributed by atoms with van der Waals surface area (Å²) in [5.41, 5.74) is 2.85. The van der Waals surface area contributed by atoms with Gasteiger partial charge < -0.3 is 29.3 Å². The zero-order valence-corrected chi connectivity index (χ0v) is 29.6. The number of methoxy groups -OCH3 is 2. The number of nitrogens with one attached hydrogen (secondary N) is 1. The van der Waals surface area contributed by atoms with E-state index in [1.54, 1.807) is 13.2 Å². The molecule has 1 aliphatic heterocycles. The summed E-state index contributed by atoms with van der Waals surface area (Å²) < 4.78 is 16.9. The third kappa shape index (κ3) is 8.83. The van der Waals surface area contributed by atoms with Gasteiger partial charge in [-0.2, -0.15) is 0 Å².